The van der Waals surface area contributed by atoms with E-state index in [-0.39, 0.29) is 17.1 Å². The van der Waals surface area contributed by atoms with Gasteiger partial charge in [-0.25, -0.2) is 4.39 Å². The van der Waals surface area contributed by atoms with Crippen molar-refractivity contribution in [1.29, 1.82) is 0 Å². The Morgan fingerprint density at radius 1 is 0.886 bits per heavy atom. The summed E-state index contributed by atoms with van der Waals surface area (Å²) in [4.78, 5) is 17.9. The Kier molecular flexibility index (Phi) is 6.48. The molecule has 0 unspecified atom stereocenters. The van der Waals surface area contributed by atoms with E-state index in [0.29, 0.717) is 13.0 Å². The van der Waals surface area contributed by atoms with Crippen molar-refractivity contribution in [2.45, 2.75) is 31.2 Å². The molecular formula is C29H31FN2O3. The fourth-order valence-electron chi connectivity index (χ4n) is 5.43. The third-order valence-corrected chi connectivity index (χ3v) is 7.47. The highest BCUT2D eigenvalue weighted by molar-refractivity contribution is 5.97. The third-order valence-electron chi connectivity index (χ3n) is 7.47. The van der Waals surface area contributed by atoms with Gasteiger partial charge in [-0.2, -0.15) is 0 Å². The fraction of sp³-hybridized carbons (Fsp3) is 0.345. The number of methoxy groups -OCH3 is 2. The number of carbonyl (C=O) groups excluding carboxylic acids is 1. The minimum atomic E-state index is -0.206. The van der Waals surface area contributed by atoms with Gasteiger partial charge in [0, 0.05) is 24.2 Å². The number of ether oxygens (including phenoxy) is 2. The molecule has 0 aromatic heterocycles. The van der Waals surface area contributed by atoms with Crippen LogP contribution in [0, 0.1) is 5.82 Å². The second-order valence-corrected chi connectivity index (χ2v) is 9.57. The first-order valence-electron chi connectivity index (χ1n) is 12.1. The second kappa shape index (κ2) is 9.70. The van der Waals surface area contributed by atoms with Gasteiger partial charge in [-0.05, 0) is 85.1 Å². The molecule has 1 amide bonds. The number of amides is 1. The Morgan fingerprint density at radius 2 is 1.51 bits per heavy atom. The molecule has 6 heteroatoms. The summed E-state index contributed by atoms with van der Waals surface area (Å²) in [6, 6.07) is 20.5. The van der Waals surface area contributed by atoms with E-state index >= 15 is 0 Å². The van der Waals surface area contributed by atoms with Gasteiger partial charge in [0.15, 0.2) is 0 Å². The van der Waals surface area contributed by atoms with E-state index in [9.17, 15) is 9.18 Å². The van der Waals surface area contributed by atoms with Gasteiger partial charge in [0.2, 0.25) is 5.91 Å². The largest absolute Gasteiger partial charge is 0.497 e. The molecule has 0 atom stereocenters. The molecule has 0 N–H and O–H groups in total. The van der Waals surface area contributed by atoms with Crippen LogP contribution in [0.25, 0.3) is 0 Å². The number of halogens is 1. The van der Waals surface area contributed by atoms with Crippen LogP contribution >= 0.6 is 0 Å². The first kappa shape index (κ1) is 23.4. The zero-order valence-electron chi connectivity index (χ0n) is 20.3. The van der Waals surface area contributed by atoms with Crippen molar-refractivity contribution in [2.24, 2.45) is 0 Å². The number of benzene rings is 3. The Hall–Kier alpha value is -3.38. The summed E-state index contributed by atoms with van der Waals surface area (Å²) in [6.07, 6.45) is 2.27. The number of anilines is 1. The molecular weight excluding hydrogens is 443 g/mol. The molecule has 2 aliphatic heterocycles. The van der Waals surface area contributed by atoms with Crippen LogP contribution in [0.1, 0.15) is 29.5 Å². The van der Waals surface area contributed by atoms with E-state index in [1.54, 1.807) is 14.2 Å². The molecule has 0 bridgehead atoms. The van der Waals surface area contributed by atoms with Gasteiger partial charge in [0.25, 0.3) is 0 Å². The van der Waals surface area contributed by atoms with Crippen LogP contribution in [0.2, 0.25) is 0 Å². The number of fused-ring (bicyclic) bond motifs is 2. The smallest absolute Gasteiger partial charge is 0.231 e. The first-order chi connectivity index (χ1) is 17.0. The van der Waals surface area contributed by atoms with E-state index in [1.165, 1.54) is 17.7 Å². The van der Waals surface area contributed by atoms with Gasteiger partial charge in [-0.3, -0.25) is 9.69 Å². The summed E-state index contributed by atoms with van der Waals surface area (Å²) in [7, 11) is 3.32. The fourth-order valence-corrected chi connectivity index (χ4v) is 5.43. The number of nitrogens with zero attached hydrogens (tertiary/aromatic N) is 2. The van der Waals surface area contributed by atoms with Crippen LogP contribution in [-0.2, 0) is 23.2 Å². The number of piperidine rings is 1. The van der Waals surface area contributed by atoms with Crippen molar-refractivity contribution in [3.05, 3.63) is 89.2 Å². The summed E-state index contributed by atoms with van der Waals surface area (Å²) in [5.74, 6) is 1.50. The lowest BCUT2D eigenvalue weighted by atomic mass is 9.74. The molecule has 1 fully saturated rings. The van der Waals surface area contributed by atoms with Gasteiger partial charge in [-0.1, -0.05) is 24.3 Å². The van der Waals surface area contributed by atoms with Gasteiger partial charge in [0.1, 0.15) is 17.3 Å². The number of rotatable bonds is 6. The molecule has 1 spiro atoms. The van der Waals surface area contributed by atoms with Crippen LogP contribution < -0.4 is 14.4 Å². The molecule has 0 saturated carbocycles. The third kappa shape index (κ3) is 4.76. The number of likely N-dealkylation sites (tertiary alicyclic amines) is 1. The van der Waals surface area contributed by atoms with Crippen molar-refractivity contribution in [3.63, 3.8) is 0 Å². The molecule has 3 aromatic rings. The van der Waals surface area contributed by atoms with E-state index in [0.717, 1.165) is 60.8 Å². The molecule has 35 heavy (non-hydrogen) atoms. The van der Waals surface area contributed by atoms with Gasteiger partial charge in [0.05, 0.1) is 20.6 Å². The lowest BCUT2D eigenvalue weighted by molar-refractivity contribution is -0.118. The number of hydrogen-bond donors (Lipinski definition) is 0. The lowest BCUT2D eigenvalue weighted by Crippen LogP contribution is -2.46. The van der Waals surface area contributed by atoms with Crippen molar-refractivity contribution in [2.75, 3.05) is 38.8 Å². The normalized spacial score (nSPS) is 16.8. The van der Waals surface area contributed by atoms with Crippen LogP contribution in [0.15, 0.2) is 66.7 Å². The van der Waals surface area contributed by atoms with Gasteiger partial charge >= 0.3 is 0 Å². The highest BCUT2D eigenvalue weighted by atomic mass is 19.1. The zero-order valence-corrected chi connectivity index (χ0v) is 20.3. The second-order valence-electron chi connectivity index (χ2n) is 9.57. The quantitative estimate of drug-likeness (QED) is 0.506. The first-order valence-corrected chi connectivity index (χ1v) is 12.1. The average molecular weight is 475 g/mol. The maximum absolute atomic E-state index is 13.5. The summed E-state index contributed by atoms with van der Waals surface area (Å²) in [6.45, 7) is 3.35. The molecule has 1 saturated heterocycles. The highest BCUT2D eigenvalue weighted by Crippen LogP contribution is 2.48. The van der Waals surface area contributed by atoms with Crippen LogP contribution in [-0.4, -0.2) is 44.7 Å². The molecule has 2 aliphatic rings. The highest BCUT2D eigenvalue weighted by Gasteiger charge is 2.46. The summed E-state index contributed by atoms with van der Waals surface area (Å²) in [5.41, 5.74) is 4.21. The number of hydrogen-bond acceptors (Lipinski definition) is 4. The Morgan fingerprint density at radius 3 is 2.17 bits per heavy atom. The molecule has 5 rings (SSSR count). The summed E-state index contributed by atoms with van der Waals surface area (Å²) in [5, 5.41) is 0. The van der Waals surface area contributed by atoms with E-state index in [1.807, 2.05) is 53.4 Å². The maximum Gasteiger partial charge on any atom is 0.231 e. The molecule has 0 aliphatic carbocycles. The molecule has 182 valence electrons. The maximum atomic E-state index is 13.5. The Labute approximate surface area is 206 Å². The molecule has 2 heterocycles. The van der Waals surface area contributed by atoms with Crippen molar-refractivity contribution >= 4 is 11.6 Å². The van der Waals surface area contributed by atoms with Gasteiger partial charge in [-0.15, -0.1) is 0 Å². The molecule has 3 aromatic carbocycles. The molecule has 0 radical (unpaired) electrons. The lowest BCUT2D eigenvalue weighted by Gasteiger charge is -2.40. The topological polar surface area (TPSA) is 42.0 Å². The Bertz CT molecular complexity index is 1190. The summed E-state index contributed by atoms with van der Waals surface area (Å²) < 4.78 is 24.1. The standard InChI is InChI=1S/C29H31FN2O3/c1-34-24-9-5-21(6-10-24)17-28(33)32-20-29(26-18-25(35-2)11-12-27(26)32)13-15-31(16-14-29)19-22-3-7-23(30)8-4-22/h3-12,18H,13-17,19-20H2,1-2H3. The van der Waals surface area contributed by atoms with Crippen molar-refractivity contribution < 1.29 is 18.7 Å². The zero-order chi connectivity index (χ0) is 24.4. The van der Waals surface area contributed by atoms with Crippen molar-refractivity contribution in [1.82, 2.24) is 4.90 Å². The van der Waals surface area contributed by atoms with Crippen LogP contribution in [0.3, 0.4) is 0 Å². The number of carbonyl (C=O) groups is 1. The Balaban J connectivity index is 1.34. The predicted octanol–water partition coefficient (Wildman–Crippen LogP) is 4.97. The minimum Gasteiger partial charge on any atom is -0.497 e. The predicted molar refractivity (Wildman–Crippen MR) is 135 cm³/mol. The van der Waals surface area contributed by atoms with E-state index < -0.39 is 0 Å². The van der Waals surface area contributed by atoms with E-state index in [4.69, 9.17) is 9.47 Å². The van der Waals surface area contributed by atoms with Crippen LogP contribution in [0.4, 0.5) is 10.1 Å². The minimum absolute atomic E-state index is 0.0846. The SMILES string of the molecule is COc1ccc(CC(=O)N2CC3(CCN(Cc4ccc(F)cc4)CC3)c3cc(OC)ccc32)cc1. The van der Waals surface area contributed by atoms with E-state index in [2.05, 4.69) is 11.0 Å². The van der Waals surface area contributed by atoms with Gasteiger partial charge < -0.3 is 14.4 Å². The summed E-state index contributed by atoms with van der Waals surface area (Å²) >= 11 is 0. The van der Waals surface area contributed by atoms with Crippen molar-refractivity contribution in [3.8, 4) is 11.5 Å². The monoisotopic (exact) mass is 474 g/mol. The van der Waals surface area contributed by atoms with Crippen LogP contribution in [0.5, 0.6) is 11.5 Å². The average Bonchev–Trinajstić information content (AvgIpc) is 3.20. The molecule has 5 nitrogen and oxygen atoms in total.